The van der Waals surface area contributed by atoms with E-state index >= 15 is 0 Å². The van der Waals surface area contributed by atoms with Gasteiger partial charge in [-0.3, -0.25) is 14.4 Å². The molecular weight excluding hydrogens is 324 g/mol. The molecule has 2 amide bonds. The maximum atomic E-state index is 12.9. The third-order valence-electron chi connectivity index (χ3n) is 4.57. The normalized spacial score (nSPS) is 20.3. The summed E-state index contributed by atoms with van der Waals surface area (Å²) >= 11 is 0. The molecule has 0 radical (unpaired) electrons. The van der Waals surface area contributed by atoms with Gasteiger partial charge in [0, 0.05) is 13.1 Å². The molecular formula is C18H22N2O5. The molecule has 3 rings (SSSR count). The summed E-state index contributed by atoms with van der Waals surface area (Å²) < 4.78 is 10.7. The molecule has 1 aromatic rings. The monoisotopic (exact) mass is 346 g/mol. The Labute approximate surface area is 146 Å². The number of nitrogens with zero attached hydrogens (tertiary/aromatic N) is 1. The first-order valence-corrected chi connectivity index (χ1v) is 8.57. The van der Waals surface area contributed by atoms with E-state index in [-0.39, 0.29) is 23.7 Å². The summed E-state index contributed by atoms with van der Waals surface area (Å²) in [6, 6.07) is 5.13. The number of rotatable bonds is 3. The molecule has 1 fully saturated rings. The van der Waals surface area contributed by atoms with Crippen molar-refractivity contribution < 1.29 is 23.9 Å². The van der Waals surface area contributed by atoms with Gasteiger partial charge in [0.1, 0.15) is 0 Å². The van der Waals surface area contributed by atoms with Crippen LogP contribution in [-0.4, -0.2) is 48.5 Å². The number of carbonyl (C=O) groups is 3. The van der Waals surface area contributed by atoms with Crippen LogP contribution in [0.15, 0.2) is 18.2 Å². The Morgan fingerprint density at radius 2 is 2.04 bits per heavy atom. The van der Waals surface area contributed by atoms with E-state index in [1.165, 1.54) is 0 Å². The maximum absolute atomic E-state index is 12.9. The second-order valence-electron chi connectivity index (χ2n) is 6.25. The Morgan fingerprint density at radius 3 is 2.72 bits per heavy atom. The van der Waals surface area contributed by atoms with E-state index < -0.39 is 6.10 Å². The van der Waals surface area contributed by atoms with Crippen molar-refractivity contribution >= 4 is 23.5 Å². The molecule has 0 aliphatic carbocycles. The Hall–Kier alpha value is -2.57. The van der Waals surface area contributed by atoms with Crippen molar-refractivity contribution in [1.82, 2.24) is 4.90 Å². The summed E-state index contributed by atoms with van der Waals surface area (Å²) in [7, 11) is 0. The third-order valence-corrected chi connectivity index (χ3v) is 4.57. The van der Waals surface area contributed by atoms with E-state index in [0.717, 1.165) is 0 Å². The standard InChI is InChI=1S/C18H22N2O5/c1-3-24-18(23)12-7-9-20(10-8-12)17(22)13-5-4-6-14-15(13)25-11(2)16(21)19-14/h4-6,11-12H,3,7-10H2,1-2H3,(H,19,21). The van der Waals surface area contributed by atoms with Gasteiger partial charge in [-0.15, -0.1) is 0 Å². The summed E-state index contributed by atoms with van der Waals surface area (Å²) in [5.74, 6) is -0.308. The zero-order valence-corrected chi connectivity index (χ0v) is 14.4. The molecule has 0 aromatic heterocycles. The van der Waals surface area contributed by atoms with E-state index in [2.05, 4.69) is 5.32 Å². The highest BCUT2D eigenvalue weighted by Crippen LogP contribution is 2.34. The zero-order chi connectivity index (χ0) is 18.0. The predicted octanol–water partition coefficient (Wildman–Crippen LogP) is 1.82. The average molecular weight is 346 g/mol. The smallest absolute Gasteiger partial charge is 0.309 e. The van der Waals surface area contributed by atoms with Gasteiger partial charge in [0.05, 0.1) is 23.8 Å². The van der Waals surface area contributed by atoms with Crippen LogP contribution < -0.4 is 10.1 Å². The van der Waals surface area contributed by atoms with Gasteiger partial charge in [0.2, 0.25) is 0 Å². The molecule has 7 heteroatoms. The number of ether oxygens (including phenoxy) is 2. The topological polar surface area (TPSA) is 84.9 Å². The number of hydrogen-bond donors (Lipinski definition) is 1. The van der Waals surface area contributed by atoms with E-state index in [4.69, 9.17) is 9.47 Å². The van der Waals surface area contributed by atoms with Gasteiger partial charge in [-0.1, -0.05) is 6.07 Å². The first-order chi connectivity index (χ1) is 12.0. The van der Waals surface area contributed by atoms with Gasteiger partial charge in [-0.05, 0) is 38.8 Å². The number of likely N-dealkylation sites (tertiary alicyclic amines) is 1. The number of nitrogens with one attached hydrogen (secondary N) is 1. The van der Waals surface area contributed by atoms with Crippen LogP contribution in [0.5, 0.6) is 5.75 Å². The van der Waals surface area contributed by atoms with Gasteiger partial charge in [-0.25, -0.2) is 0 Å². The molecule has 2 aliphatic heterocycles. The molecule has 1 aromatic carbocycles. The number of esters is 1. The van der Waals surface area contributed by atoms with Crippen molar-refractivity contribution in [2.45, 2.75) is 32.8 Å². The number of anilines is 1. The number of para-hydroxylation sites is 1. The van der Waals surface area contributed by atoms with Crippen molar-refractivity contribution in [3.8, 4) is 5.75 Å². The molecule has 2 aliphatic rings. The second kappa shape index (κ2) is 7.13. The van der Waals surface area contributed by atoms with Crippen molar-refractivity contribution in [2.75, 3.05) is 25.0 Å². The largest absolute Gasteiger partial charge is 0.478 e. The van der Waals surface area contributed by atoms with Crippen LogP contribution in [0.4, 0.5) is 5.69 Å². The van der Waals surface area contributed by atoms with Crippen LogP contribution in [0, 0.1) is 5.92 Å². The fraction of sp³-hybridized carbons (Fsp3) is 0.500. The second-order valence-corrected chi connectivity index (χ2v) is 6.25. The molecule has 134 valence electrons. The number of benzene rings is 1. The highest BCUT2D eigenvalue weighted by molar-refractivity contribution is 6.04. The van der Waals surface area contributed by atoms with Gasteiger partial charge >= 0.3 is 5.97 Å². The minimum atomic E-state index is -0.643. The van der Waals surface area contributed by atoms with Crippen molar-refractivity contribution in [3.63, 3.8) is 0 Å². The average Bonchev–Trinajstić information content (AvgIpc) is 2.62. The van der Waals surface area contributed by atoms with Crippen LogP contribution in [0.25, 0.3) is 0 Å². The van der Waals surface area contributed by atoms with Crippen LogP contribution in [-0.2, 0) is 14.3 Å². The molecule has 7 nitrogen and oxygen atoms in total. The lowest BCUT2D eigenvalue weighted by Gasteiger charge is -2.32. The lowest BCUT2D eigenvalue weighted by atomic mass is 9.96. The fourth-order valence-corrected chi connectivity index (χ4v) is 3.14. The van der Waals surface area contributed by atoms with E-state index in [9.17, 15) is 14.4 Å². The summed E-state index contributed by atoms with van der Waals surface area (Å²) in [5, 5.41) is 2.75. The first kappa shape index (κ1) is 17.3. The Bertz CT molecular complexity index is 695. The number of amides is 2. The number of fused-ring (bicyclic) bond motifs is 1. The van der Waals surface area contributed by atoms with Crippen molar-refractivity contribution in [3.05, 3.63) is 23.8 Å². The highest BCUT2D eigenvalue weighted by Gasteiger charge is 2.32. The summed E-state index contributed by atoms with van der Waals surface area (Å²) in [6.45, 7) is 4.79. The predicted molar refractivity (Wildman–Crippen MR) is 90.4 cm³/mol. The van der Waals surface area contributed by atoms with Gasteiger partial charge in [0.25, 0.3) is 11.8 Å². The number of hydrogen-bond acceptors (Lipinski definition) is 5. The lowest BCUT2D eigenvalue weighted by Crippen LogP contribution is -2.41. The molecule has 0 saturated carbocycles. The molecule has 0 bridgehead atoms. The van der Waals surface area contributed by atoms with Crippen LogP contribution >= 0.6 is 0 Å². The fourth-order valence-electron chi connectivity index (χ4n) is 3.14. The third kappa shape index (κ3) is 3.45. The van der Waals surface area contributed by atoms with E-state index in [1.807, 2.05) is 0 Å². The van der Waals surface area contributed by atoms with Crippen LogP contribution in [0.1, 0.15) is 37.0 Å². The minimum Gasteiger partial charge on any atom is -0.478 e. The summed E-state index contributed by atoms with van der Waals surface area (Å²) in [4.78, 5) is 38.1. The lowest BCUT2D eigenvalue weighted by molar-refractivity contribution is -0.149. The molecule has 1 N–H and O–H groups in total. The highest BCUT2D eigenvalue weighted by atomic mass is 16.5. The SMILES string of the molecule is CCOC(=O)C1CCN(C(=O)c2cccc3c2OC(C)C(=O)N3)CC1. The summed E-state index contributed by atoms with van der Waals surface area (Å²) in [6.07, 6.45) is 0.539. The Morgan fingerprint density at radius 1 is 1.32 bits per heavy atom. The van der Waals surface area contributed by atoms with Gasteiger partial charge in [0.15, 0.2) is 11.9 Å². The molecule has 1 atom stereocenters. The Kier molecular flexibility index (Phi) is 4.92. The zero-order valence-electron chi connectivity index (χ0n) is 14.4. The molecule has 1 unspecified atom stereocenters. The number of carbonyl (C=O) groups excluding carboxylic acids is 3. The molecule has 25 heavy (non-hydrogen) atoms. The van der Waals surface area contributed by atoms with Crippen LogP contribution in [0.3, 0.4) is 0 Å². The molecule has 2 heterocycles. The summed E-state index contributed by atoms with van der Waals surface area (Å²) in [5.41, 5.74) is 0.939. The van der Waals surface area contributed by atoms with E-state index in [1.54, 1.807) is 36.9 Å². The van der Waals surface area contributed by atoms with Gasteiger partial charge < -0.3 is 19.7 Å². The quantitative estimate of drug-likeness (QED) is 0.844. The number of piperidine rings is 1. The first-order valence-electron chi connectivity index (χ1n) is 8.57. The van der Waals surface area contributed by atoms with Gasteiger partial charge in [-0.2, -0.15) is 0 Å². The maximum Gasteiger partial charge on any atom is 0.309 e. The minimum absolute atomic E-state index is 0.149. The Balaban J connectivity index is 1.72. The van der Waals surface area contributed by atoms with Crippen molar-refractivity contribution in [2.24, 2.45) is 5.92 Å². The molecule has 1 saturated heterocycles. The van der Waals surface area contributed by atoms with Crippen LogP contribution in [0.2, 0.25) is 0 Å². The van der Waals surface area contributed by atoms with Crippen molar-refractivity contribution in [1.29, 1.82) is 0 Å². The van der Waals surface area contributed by atoms with E-state index in [0.29, 0.717) is 49.5 Å². The molecule has 0 spiro atoms.